The quantitative estimate of drug-likeness (QED) is 0.558. The first-order valence-corrected chi connectivity index (χ1v) is 9.76. The molecule has 0 atom stereocenters. The molecule has 3 heterocycles. The second kappa shape index (κ2) is 7.30. The molecular formula is C24H24N4O2. The van der Waals surface area contributed by atoms with Gasteiger partial charge in [-0.3, -0.25) is 9.55 Å². The molecule has 0 unspecified atom stereocenters. The Bertz CT molecular complexity index is 1330. The molecule has 4 rings (SSSR count). The van der Waals surface area contributed by atoms with Crippen molar-refractivity contribution in [3.63, 3.8) is 0 Å². The van der Waals surface area contributed by atoms with Gasteiger partial charge >= 0.3 is 5.69 Å². The summed E-state index contributed by atoms with van der Waals surface area (Å²) in [7, 11) is 1.73. The number of aromatic hydroxyl groups is 1. The Labute approximate surface area is 175 Å². The van der Waals surface area contributed by atoms with Gasteiger partial charge in [-0.15, -0.1) is 0 Å². The Morgan fingerprint density at radius 3 is 2.30 bits per heavy atom. The van der Waals surface area contributed by atoms with Crippen molar-refractivity contribution in [1.29, 1.82) is 0 Å². The molecule has 6 nitrogen and oxygen atoms in total. The van der Waals surface area contributed by atoms with Crippen LogP contribution in [0.3, 0.4) is 0 Å². The van der Waals surface area contributed by atoms with E-state index in [4.69, 9.17) is 0 Å². The highest BCUT2D eigenvalue weighted by atomic mass is 16.3. The first-order valence-electron chi connectivity index (χ1n) is 9.76. The Balaban J connectivity index is 1.84. The van der Waals surface area contributed by atoms with Crippen LogP contribution in [-0.2, 0) is 7.05 Å². The molecule has 30 heavy (non-hydrogen) atoms. The molecule has 0 saturated heterocycles. The number of hydrogen-bond acceptors (Lipinski definition) is 4. The number of rotatable bonds is 3. The predicted molar refractivity (Wildman–Crippen MR) is 118 cm³/mol. The summed E-state index contributed by atoms with van der Waals surface area (Å²) in [6, 6.07) is 9.66. The Morgan fingerprint density at radius 2 is 1.67 bits per heavy atom. The maximum atomic E-state index is 12.3. The minimum Gasteiger partial charge on any atom is -0.505 e. The summed E-state index contributed by atoms with van der Waals surface area (Å²) in [6.07, 6.45) is 5.23. The van der Waals surface area contributed by atoms with Gasteiger partial charge in [-0.05, 0) is 68.7 Å². The molecule has 0 spiro atoms. The number of pyridine rings is 2. The van der Waals surface area contributed by atoms with E-state index in [1.54, 1.807) is 30.2 Å². The van der Waals surface area contributed by atoms with E-state index >= 15 is 0 Å². The van der Waals surface area contributed by atoms with Crippen molar-refractivity contribution in [2.24, 2.45) is 7.05 Å². The van der Waals surface area contributed by atoms with Gasteiger partial charge in [0.05, 0.1) is 5.69 Å². The van der Waals surface area contributed by atoms with E-state index in [2.05, 4.69) is 9.97 Å². The minimum atomic E-state index is -0.0991. The average Bonchev–Trinajstić information content (AvgIpc) is 3.04. The van der Waals surface area contributed by atoms with E-state index < -0.39 is 0 Å². The molecule has 0 fully saturated rings. The van der Waals surface area contributed by atoms with Crippen molar-refractivity contribution in [3.8, 4) is 33.8 Å². The SMILES string of the molecule is Cc1cc(-c2ccc(-n3ccn(C)c3=O)c(C)c2)c(O)c(-c2cnc(C)c(C)c2)n1. The molecule has 0 aliphatic rings. The van der Waals surface area contributed by atoms with E-state index in [1.165, 1.54) is 4.57 Å². The van der Waals surface area contributed by atoms with Crippen molar-refractivity contribution in [2.45, 2.75) is 27.7 Å². The van der Waals surface area contributed by atoms with Crippen LogP contribution in [0.25, 0.3) is 28.1 Å². The molecular weight excluding hydrogens is 376 g/mol. The van der Waals surface area contributed by atoms with Gasteiger partial charge in [0.15, 0.2) is 0 Å². The highest BCUT2D eigenvalue weighted by molar-refractivity contribution is 5.80. The fraction of sp³-hybridized carbons (Fsp3) is 0.208. The molecule has 1 N–H and O–H groups in total. The maximum Gasteiger partial charge on any atom is 0.332 e. The molecule has 3 aromatic heterocycles. The topological polar surface area (TPSA) is 72.9 Å². The Morgan fingerprint density at radius 1 is 0.933 bits per heavy atom. The lowest BCUT2D eigenvalue weighted by Crippen LogP contribution is -2.20. The van der Waals surface area contributed by atoms with Crippen LogP contribution in [-0.4, -0.2) is 24.2 Å². The van der Waals surface area contributed by atoms with Gasteiger partial charge in [-0.25, -0.2) is 9.78 Å². The summed E-state index contributed by atoms with van der Waals surface area (Å²) in [4.78, 5) is 21.3. The van der Waals surface area contributed by atoms with Gasteiger partial charge < -0.3 is 9.67 Å². The number of aromatic nitrogens is 4. The molecule has 0 aliphatic heterocycles. The average molecular weight is 400 g/mol. The third-order valence-electron chi connectivity index (χ3n) is 5.45. The zero-order valence-corrected chi connectivity index (χ0v) is 17.8. The lowest BCUT2D eigenvalue weighted by atomic mass is 9.98. The minimum absolute atomic E-state index is 0.0991. The van der Waals surface area contributed by atoms with Crippen molar-refractivity contribution < 1.29 is 5.11 Å². The lowest BCUT2D eigenvalue weighted by molar-refractivity contribution is 0.476. The molecule has 6 heteroatoms. The second-order valence-corrected chi connectivity index (χ2v) is 7.70. The van der Waals surface area contributed by atoms with Crippen LogP contribution in [0.1, 0.15) is 22.5 Å². The largest absolute Gasteiger partial charge is 0.505 e. The smallest absolute Gasteiger partial charge is 0.332 e. The molecule has 1 aromatic carbocycles. The van der Waals surface area contributed by atoms with Crippen molar-refractivity contribution in [3.05, 3.63) is 81.9 Å². The lowest BCUT2D eigenvalue weighted by Gasteiger charge is -2.14. The first kappa shape index (κ1) is 19.6. The van der Waals surface area contributed by atoms with Gasteiger partial charge in [-0.2, -0.15) is 0 Å². The van der Waals surface area contributed by atoms with Gasteiger partial charge in [0, 0.05) is 48.2 Å². The van der Waals surface area contributed by atoms with Gasteiger partial charge in [0.1, 0.15) is 11.4 Å². The number of imidazole rings is 1. The van der Waals surface area contributed by atoms with Gasteiger partial charge in [-0.1, -0.05) is 6.07 Å². The summed E-state index contributed by atoms with van der Waals surface area (Å²) in [6.45, 7) is 7.81. The summed E-state index contributed by atoms with van der Waals surface area (Å²) >= 11 is 0. The zero-order valence-electron chi connectivity index (χ0n) is 17.8. The van der Waals surface area contributed by atoms with Crippen molar-refractivity contribution in [1.82, 2.24) is 19.1 Å². The first-order chi connectivity index (χ1) is 14.3. The number of benzene rings is 1. The highest BCUT2D eigenvalue weighted by Crippen LogP contribution is 2.38. The molecule has 0 radical (unpaired) electrons. The summed E-state index contributed by atoms with van der Waals surface area (Å²) < 4.78 is 3.15. The van der Waals surface area contributed by atoms with E-state index in [1.807, 2.05) is 58.0 Å². The summed E-state index contributed by atoms with van der Waals surface area (Å²) in [5, 5.41) is 11.1. The second-order valence-electron chi connectivity index (χ2n) is 7.70. The monoisotopic (exact) mass is 400 g/mol. The van der Waals surface area contributed by atoms with Crippen LogP contribution in [0.4, 0.5) is 0 Å². The van der Waals surface area contributed by atoms with Crippen LogP contribution in [0.15, 0.2) is 53.7 Å². The molecule has 0 saturated carbocycles. The van der Waals surface area contributed by atoms with Crippen LogP contribution >= 0.6 is 0 Å². The fourth-order valence-electron chi connectivity index (χ4n) is 3.60. The van der Waals surface area contributed by atoms with Crippen molar-refractivity contribution in [2.75, 3.05) is 0 Å². The van der Waals surface area contributed by atoms with Crippen LogP contribution in [0, 0.1) is 27.7 Å². The molecule has 4 aromatic rings. The van der Waals surface area contributed by atoms with E-state index in [0.717, 1.165) is 39.3 Å². The third kappa shape index (κ3) is 3.30. The zero-order chi connectivity index (χ0) is 21.6. The molecule has 0 amide bonds. The highest BCUT2D eigenvalue weighted by Gasteiger charge is 2.16. The van der Waals surface area contributed by atoms with Crippen molar-refractivity contribution >= 4 is 0 Å². The Kier molecular flexibility index (Phi) is 4.78. The number of aryl methyl sites for hydroxylation is 5. The standard InChI is InChI=1S/C24H24N4O2/c1-14-10-19(13-25-17(14)4)22-23(29)20(12-16(3)26-22)18-6-7-21(15(2)11-18)28-9-8-27(5)24(28)30/h6-13,29H,1-5H3. The predicted octanol–water partition coefficient (Wildman–Crippen LogP) is 4.24. The van der Waals surface area contributed by atoms with Crippen LogP contribution < -0.4 is 5.69 Å². The van der Waals surface area contributed by atoms with Gasteiger partial charge in [0.2, 0.25) is 0 Å². The van der Waals surface area contributed by atoms with E-state index in [-0.39, 0.29) is 11.4 Å². The summed E-state index contributed by atoms with van der Waals surface area (Å²) in [5.74, 6) is 0.120. The van der Waals surface area contributed by atoms with Crippen LogP contribution in [0.2, 0.25) is 0 Å². The van der Waals surface area contributed by atoms with Crippen LogP contribution in [0.5, 0.6) is 5.75 Å². The van der Waals surface area contributed by atoms with Gasteiger partial charge in [0.25, 0.3) is 0 Å². The fourth-order valence-corrected chi connectivity index (χ4v) is 3.60. The maximum absolute atomic E-state index is 12.3. The third-order valence-corrected chi connectivity index (χ3v) is 5.45. The molecule has 0 bridgehead atoms. The number of nitrogens with zero attached hydrogens (tertiary/aromatic N) is 4. The van der Waals surface area contributed by atoms with E-state index in [0.29, 0.717) is 11.3 Å². The number of hydrogen-bond donors (Lipinski definition) is 1. The summed E-state index contributed by atoms with van der Waals surface area (Å²) in [5.41, 5.74) is 7.31. The Hall–Kier alpha value is -3.67. The van der Waals surface area contributed by atoms with E-state index in [9.17, 15) is 9.90 Å². The molecule has 152 valence electrons. The molecule has 0 aliphatic carbocycles. The normalized spacial score (nSPS) is 11.1.